The Morgan fingerprint density at radius 3 is 2.59 bits per heavy atom. The molecule has 8 nitrogen and oxygen atoms in total. The number of likely N-dealkylation sites (tertiary alicyclic amines) is 1. The molecule has 4 atom stereocenters. The van der Waals surface area contributed by atoms with Crippen LogP contribution >= 0.6 is 23.2 Å². The number of halogens is 3. The minimum atomic E-state index is -1.47. The lowest BCUT2D eigenvalue weighted by Crippen LogP contribution is -2.54. The van der Waals surface area contributed by atoms with Crippen LogP contribution in [0.25, 0.3) is 0 Å². The van der Waals surface area contributed by atoms with Gasteiger partial charge in [-0.3, -0.25) is 24.6 Å². The van der Waals surface area contributed by atoms with Crippen LogP contribution in [0.15, 0.2) is 78.1 Å². The van der Waals surface area contributed by atoms with Gasteiger partial charge >= 0.3 is 0 Å². The zero-order valence-corrected chi connectivity index (χ0v) is 23.4. The summed E-state index contributed by atoms with van der Waals surface area (Å²) in [5.41, 5.74) is 0.0213. The van der Waals surface area contributed by atoms with Gasteiger partial charge in [-0.1, -0.05) is 41.9 Å². The third kappa shape index (κ3) is 4.56. The van der Waals surface area contributed by atoms with Crippen molar-refractivity contribution in [2.75, 3.05) is 23.3 Å². The molecule has 1 N–H and O–H groups in total. The molecule has 1 aliphatic carbocycles. The normalized spacial score (nSPS) is 27.8. The molecule has 2 saturated heterocycles. The largest absolute Gasteiger partial charge is 0.324 e. The summed E-state index contributed by atoms with van der Waals surface area (Å²) < 4.78 is 16.6. The molecule has 6 rings (SSSR count). The Balaban J connectivity index is 1.51. The SMILES string of the molecule is C=C(Cl)/C=C\C=C(/F)[C@H]1[C@@H]2C(=O)N(c3ccc([N+](=O)[O-])cc3)CC[C@@H]2N(CC2CC2)[C@@]12C(=O)Nc1cc(Cl)ccc12. The Morgan fingerprint density at radius 1 is 1.20 bits per heavy atom. The Labute approximate surface area is 246 Å². The number of amides is 2. The number of fused-ring (bicyclic) bond motifs is 3. The highest BCUT2D eigenvalue weighted by Crippen LogP contribution is 2.60. The first-order valence-electron chi connectivity index (χ1n) is 13.4. The van der Waals surface area contributed by atoms with Gasteiger partial charge in [0.2, 0.25) is 11.8 Å². The topological polar surface area (TPSA) is 95.8 Å². The van der Waals surface area contributed by atoms with Gasteiger partial charge in [0.15, 0.2) is 0 Å². The minimum Gasteiger partial charge on any atom is -0.324 e. The second kappa shape index (κ2) is 10.4. The van der Waals surface area contributed by atoms with Crippen LogP contribution in [-0.4, -0.2) is 40.8 Å². The molecule has 3 fully saturated rings. The fourth-order valence-corrected chi connectivity index (χ4v) is 7.03. The maximum atomic E-state index is 16.6. The predicted octanol–water partition coefficient (Wildman–Crippen LogP) is 6.32. The Morgan fingerprint density at radius 2 is 1.93 bits per heavy atom. The molecule has 1 spiro atoms. The number of non-ortho nitro benzene ring substituents is 1. The number of carbonyl (C=O) groups excluding carboxylic acids is 2. The maximum Gasteiger partial charge on any atom is 0.269 e. The van der Waals surface area contributed by atoms with Gasteiger partial charge in [0, 0.05) is 58.3 Å². The van der Waals surface area contributed by atoms with E-state index in [0.717, 1.165) is 12.8 Å². The third-order valence-corrected chi connectivity index (χ3v) is 8.98. The highest BCUT2D eigenvalue weighted by Gasteiger charge is 2.70. The summed E-state index contributed by atoms with van der Waals surface area (Å²) >= 11 is 12.1. The fourth-order valence-electron chi connectivity index (χ4n) is 6.78. The number of anilines is 2. The Hall–Kier alpha value is -3.53. The molecule has 2 aromatic carbocycles. The van der Waals surface area contributed by atoms with Gasteiger partial charge in [-0.25, -0.2) is 4.39 Å². The molecular formula is C30H27Cl2FN4O4. The smallest absolute Gasteiger partial charge is 0.269 e. The lowest BCUT2D eigenvalue weighted by atomic mass is 9.72. The Kier molecular flexibility index (Phi) is 7.00. The molecule has 0 unspecified atom stereocenters. The van der Waals surface area contributed by atoms with Crippen LogP contribution in [0.3, 0.4) is 0 Å². The number of rotatable bonds is 7. The van der Waals surface area contributed by atoms with Gasteiger partial charge in [0.25, 0.3) is 5.69 Å². The molecule has 1 saturated carbocycles. The third-order valence-electron chi connectivity index (χ3n) is 8.62. The van der Waals surface area contributed by atoms with Crippen LogP contribution in [0.2, 0.25) is 5.02 Å². The van der Waals surface area contributed by atoms with Gasteiger partial charge in [-0.2, -0.15) is 0 Å². The fraction of sp³-hybridized carbons (Fsp3) is 0.333. The standard InChI is InChI=1S/C30H27Cl2FN4O4/c1-17(31)3-2-4-23(33)27-26-25(13-14-35(28(26)38)20-8-10-21(11-9-20)37(40)41)36(16-18-5-6-18)30(27)22-12-7-19(32)15-24(22)34-29(30)39/h2-4,7-12,15,18,25-27H,1,5-6,13-14,16H2,(H,34,39)/b3-2-,23-4-/t25-,26+,27-,30+/m0/s1. The molecule has 11 heteroatoms. The second-order valence-electron chi connectivity index (χ2n) is 11.0. The molecule has 4 aliphatic rings. The van der Waals surface area contributed by atoms with Gasteiger partial charge in [0.1, 0.15) is 11.4 Å². The van der Waals surface area contributed by atoms with E-state index in [9.17, 15) is 19.7 Å². The van der Waals surface area contributed by atoms with E-state index in [1.54, 1.807) is 23.1 Å². The second-order valence-corrected chi connectivity index (χ2v) is 11.9. The molecule has 3 heterocycles. The van der Waals surface area contributed by atoms with Crippen molar-refractivity contribution in [2.24, 2.45) is 17.8 Å². The van der Waals surface area contributed by atoms with Crippen molar-refractivity contribution in [3.63, 3.8) is 0 Å². The van der Waals surface area contributed by atoms with E-state index in [0.29, 0.717) is 47.4 Å². The van der Waals surface area contributed by atoms with Crippen LogP contribution in [0.1, 0.15) is 24.8 Å². The van der Waals surface area contributed by atoms with Crippen LogP contribution in [0.4, 0.5) is 21.5 Å². The minimum absolute atomic E-state index is 0.0936. The molecule has 2 amide bonds. The molecule has 3 aliphatic heterocycles. The van der Waals surface area contributed by atoms with E-state index < -0.39 is 40.1 Å². The van der Waals surface area contributed by atoms with Gasteiger partial charge in [0.05, 0.1) is 16.8 Å². The lowest BCUT2D eigenvalue weighted by molar-refractivity contribution is -0.384. The summed E-state index contributed by atoms with van der Waals surface area (Å²) in [6, 6.07) is 10.4. The van der Waals surface area contributed by atoms with Crippen molar-refractivity contribution in [3.05, 3.63) is 98.8 Å². The van der Waals surface area contributed by atoms with E-state index in [1.807, 2.05) is 0 Å². The number of nitrogens with one attached hydrogen (secondary N) is 1. The summed E-state index contributed by atoms with van der Waals surface area (Å²) in [5.74, 6) is -3.03. The molecular weight excluding hydrogens is 570 g/mol. The average Bonchev–Trinajstić information content (AvgIpc) is 3.64. The zero-order valence-electron chi connectivity index (χ0n) is 21.9. The summed E-state index contributed by atoms with van der Waals surface area (Å²) in [6.45, 7) is 4.48. The van der Waals surface area contributed by atoms with E-state index in [-0.39, 0.29) is 16.6 Å². The van der Waals surface area contributed by atoms with Gasteiger partial charge in [-0.05, 0) is 61.6 Å². The van der Waals surface area contributed by atoms with Gasteiger partial charge < -0.3 is 10.2 Å². The van der Waals surface area contributed by atoms with E-state index in [2.05, 4.69) is 16.8 Å². The zero-order chi connectivity index (χ0) is 29.1. The van der Waals surface area contributed by atoms with Gasteiger partial charge in [-0.15, -0.1) is 0 Å². The van der Waals surface area contributed by atoms with Crippen molar-refractivity contribution in [1.82, 2.24) is 4.90 Å². The van der Waals surface area contributed by atoms with Crippen molar-refractivity contribution in [1.29, 1.82) is 0 Å². The average molecular weight is 597 g/mol. The molecule has 0 bridgehead atoms. The number of hydrogen-bond acceptors (Lipinski definition) is 5. The van der Waals surface area contributed by atoms with Crippen LogP contribution in [-0.2, 0) is 15.1 Å². The Bertz CT molecular complexity index is 1520. The molecule has 41 heavy (non-hydrogen) atoms. The van der Waals surface area contributed by atoms with Crippen LogP contribution in [0, 0.1) is 27.9 Å². The van der Waals surface area contributed by atoms with Crippen LogP contribution in [0.5, 0.6) is 0 Å². The number of benzene rings is 2. The first kappa shape index (κ1) is 27.6. The highest BCUT2D eigenvalue weighted by atomic mass is 35.5. The summed E-state index contributed by atoms with van der Waals surface area (Å²) in [6.07, 6.45) is 6.62. The molecule has 2 aromatic rings. The van der Waals surface area contributed by atoms with Crippen molar-refractivity contribution < 1.29 is 18.9 Å². The predicted molar refractivity (Wildman–Crippen MR) is 155 cm³/mol. The number of piperidine rings is 1. The first-order valence-corrected chi connectivity index (χ1v) is 14.2. The summed E-state index contributed by atoms with van der Waals surface area (Å²) in [7, 11) is 0. The molecule has 0 radical (unpaired) electrons. The van der Waals surface area contributed by atoms with E-state index >= 15 is 4.39 Å². The summed E-state index contributed by atoms with van der Waals surface area (Å²) in [5, 5.41) is 14.8. The lowest BCUT2D eigenvalue weighted by Gasteiger charge is -2.40. The van der Waals surface area contributed by atoms with E-state index in [1.165, 1.54) is 42.5 Å². The van der Waals surface area contributed by atoms with Crippen molar-refractivity contribution in [3.8, 4) is 0 Å². The number of allylic oxidation sites excluding steroid dienone is 4. The van der Waals surface area contributed by atoms with Crippen LogP contribution < -0.4 is 10.2 Å². The number of hydrogen-bond donors (Lipinski definition) is 1. The van der Waals surface area contributed by atoms with Crippen molar-refractivity contribution >= 4 is 52.1 Å². The summed E-state index contributed by atoms with van der Waals surface area (Å²) in [4.78, 5) is 42.8. The monoisotopic (exact) mass is 596 g/mol. The van der Waals surface area contributed by atoms with Crippen molar-refractivity contribution in [2.45, 2.75) is 30.8 Å². The quantitative estimate of drug-likeness (QED) is 0.229. The highest BCUT2D eigenvalue weighted by molar-refractivity contribution is 6.31. The number of carbonyl (C=O) groups is 2. The number of nitro benzene ring substituents is 1. The van der Waals surface area contributed by atoms with E-state index in [4.69, 9.17) is 23.2 Å². The number of nitrogens with zero attached hydrogens (tertiary/aromatic N) is 3. The molecule has 0 aromatic heterocycles. The molecule has 212 valence electrons. The number of nitro groups is 1. The first-order chi connectivity index (χ1) is 19.6. The maximum absolute atomic E-state index is 16.6.